The molecule has 4 nitrogen and oxygen atoms in total. The van der Waals surface area contributed by atoms with Gasteiger partial charge in [0, 0.05) is 32.6 Å². The quantitative estimate of drug-likeness (QED) is 0.705. The van der Waals surface area contributed by atoms with E-state index in [1.165, 1.54) is 0 Å². The van der Waals surface area contributed by atoms with Gasteiger partial charge in [-0.1, -0.05) is 0 Å². The van der Waals surface area contributed by atoms with Crippen LogP contribution < -0.4 is 5.32 Å². The fraction of sp³-hybridized carbons (Fsp3) is 0.909. The maximum absolute atomic E-state index is 11.7. The summed E-state index contributed by atoms with van der Waals surface area (Å²) in [5.41, 5.74) is 0. The summed E-state index contributed by atoms with van der Waals surface area (Å²) in [6, 6.07) is 0. The van der Waals surface area contributed by atoms with Gasteiger partial charge in [-0.15, -0.1) is 0 Å². The lowest BCUT2D eigenvalue weighted by Gasteiger charge is -2.15. The first kappa shape index (κ1) is 15.2. The van der Waals surface area contributed by atoms with E-state index in [0.29, 0.717) is 19.5 Å². The number of halogens is 3. The Labute approximate surface area is 104 Å². The van der Waals surface area contributed by atoms with Crippen LogP contribution in [-0.4, -0.2) is 56.4 Å². The highest BCUT2D eigenvalue weighted by Crippen LogP contribution is 2.13. The molecule has 1 rings (SSSR count). The van der Waals surface area contributed by atoms with Crippen molar-refractivity contribution in [1.29, 1.82) is 0 Å². The van der Waals surface area contributed by atoms with Crippen molar-refractivity contribution in [3.8, 4) is 0 Å². The predicted octanol–water partition coefficient (Wildman–Crippen LogP) is 1.17. The third-order valence-electron chi connectivity index (χ3n) is 2.66. The minimum atomic E-state index is -4.27. The van der Waals surface area contributed by atoms with Crippen molar-refractivity contribution in [3.63, 3.8) is 0 Å². The molecule has 1 heterocycles. The van der Waals surface area contributed by atoms with Crippen LogP contribution >= 0.6 is 0 Å². The summed E-state index contributed by atoms with van der Waals surface area (Å²) in [7, 11) is 0. The Morgan fingerprint density at radius 1 is 1.22 bits per heavy atom. The standard InChI is InChI=1S/C11H19F3N2O2/c12-11(13,14)9-18-8-5-15-4-3-10(17)16-6-1-2-7-16/h15H,1-9H2. The van der Waals surface area contributed by atoms with Gasteiger partial charge in [0.15, 0.2) is 0 Å². The van der Waals surface area contributed by atoms with Gasteiger partial charge < -0.3 is 15.0 Å². The molecule has 1 saturated heterocycles. The number of hydrogen-bond acceptors (Lipinski definition) is 3. The van der Waals surface area contributed by atoms with Gasteiger partial charge in [-0.3, -0.25) is 4.79 Å². The molecule has 1 N–H and O–H groups in total. The topological polar surface area (TPSA) is 41.6 Å². The summed E-state index contributed by atoms with van der Waals surface area (Å²) in [6.07, 6.45) is -1.76. The zero-order valence-corrected chi connectivity index (χ0v) is 10.3. The summed E-state index contributed by atoms with van der Waals surface area (Å²) in [5.74, 6) is 0.108. The molecular formula is C11H19F3N2O2. The Hall–Kier alpha value is -0.820. The van der Waals surface area contributed by atoms with Crippen LogP contribution in [0.2, 0.25) is 0 Å². The molecule has 0 atom stereocenters. The lowest BCUT2D eigenvalue weighted by molar-refractivity contribution is -0.173. The predicted molar refractivity (Wildman–Crippen MR) is 60.2 cm³/mol. The fourth-order valence-electron chi connectivity index (χ4n) is 1.78. The molecule has 0 radical (unpaired) electrons. The molecule has 0 aromatic carbocycles. The number of nitrogens with zero attached hydrogens (tertiary/aromatic N) is 1. The van der Waals surface area contributed by atoms with Crippen molar-refractivity contribution < 1.29 is 22.7 Å². The van der Waals surface area contributed by atoms with E-state index in [1.807, 2.05) is 4.90 Å². The molecule has 1 aliphatic heterocycles. The average molecular weight is 268 g/mol. The van der Waals surface area contributed by atoms with Crippen LogP contribution in [0.15, 0.2) is 0 Å². The van der Waals surface area contributed by atoms with E-state index in [-0.39, 0.29) is 12.5 Å². The van der Waals surface area contributed by atoms with Crippen molar-refractivity contribution in [2.45, 2.75) is 25.4 Å². The number of alkyl halides is 3. The van der Waals surface area contributed by atoms with Crippen LogP contribution in [-0.2, 0) is 9.53 Å². The number of carbonyl (C=O) groups excluding carboxylic acids is 1. The highest BCUT2D eigenvalue weighted by Gasteiger charge is 2.27. The van der Waals surface area contributed by atoms with Gasteiger partial charge >= 0.3 is 6.18 Å². The maximum atomic E-state index is 11.7. The highest BCUT2D eigenvalue weighted by molar-refractivity contribution is 5.76. The van der Waals surface area contributed by atoms with E-state index in [9.17, 15) is 18.0 Å². The zero-order valence-electron chi connectivity index (χ0n) is 10.3. The molecule has 106 valence electrons. The third kappa shape index (κ3) is 6.80. The summed E-state index contributed by atoms with van der Waals surface area (Å²) in [6.45, 7) is 1.23. The summed E-state index contributed by atoms with van der Waals surface area (Å²) in [5, 5.41) is 2.89. The Morgan fingerprint density at radius 3 is 2.50 bits per heavy atom. The van der Waals surface area contributed by atoms with Crippen molar-refractivity contribution in [2.24, 2.45) is 0 Å². The maximum Gasteiger partial charge on any atom is 0.411 e. The van der Waals surface area contributed by atoms with Gasteiger partial charge in [-0.2, -0.15) is 13.2 Å². The molecule has 18 heavy (non-hydrogen) atoms. The van der Waals surface area contributed by atoms with Gasteiger partial charge in [-0.25, -0.2) is 0 Å². The number of ether oxygens (including phenoxy) is 1. The summed E-state index contributed by atoms with van der Waals surface area (Å²) in [4.78, 5) is 13.4. The van der Waals surface area contributed by atoms with E-state index in [2.05, 4.69) is 10.1 Å². The van der Waals surface area contributed by atoms with Crippen molar-refractivity contribution in [3.05, 3.63) is 0 Å². The zero-order chi connectivity index (χ0) is 13.4. The van der Waals surface area contributed by atoms with E-state index in [4.69, 9.17) is 0 Å². The molecule has 7 heteroatoms. The highest BCUT2D eigenvalue weighted by atomic mass is 19.4. The lowest BCUT2D eigenvalue weighted by atomic mass is 10.3. The first-order valence-electron chi connectivity index (χ1n) is 6.12. The molecule has 0 saturated carbocycles. The monoisotopic (exact) mass is 268 g/mol. The second-order valence-corrected chi connectivity index (χ2v) is 4.26. The molecule has 0 aliphatic carbocycles. The minimum Gasteiger partial charge on any atom is -0.371 e. The second-order valence-electron chi connectivity index (χ2n) is 4.26. The first-order valence-corrected chi connectivity index (χ1v) is 6.12. The Kier molecular flexibility index (Phi) is 6.42. The van der Waals surface area contributed by atoms with Crippen LogP contribution in [0.3, 0.4) is 0 Å². The first-order chi connectivity index (χ1) is 8.49. The average Bonchev–Trinajstić information content (AvgIpc) is 2.79. The molecular weight excluding hydrogens is 249 g/mol. The Bertz CT molecular complexity index is 253. The second kappa shape index (κ2) is 7.58. The van der Waals surface area contributed by atoms with Crippen LogP contribution in [0, 0.1) is 0 Å². The number of amides is 1. The van der Waals surface area contributed by atoms with E-state index in [1.54, 1.807) is 0 Å². The lowest BCUT2D eigenvalue weighted by Crippen LogP contribution is -2.31. The van der Waals surface area contributed by atoms with Crippen LogP contribution in [0.5, 0.6) is 0 Å². The Balaban J connectivity index is 1.90. The molecule has 1 fully saturated rings. The number of rotatable bonds is 7. The van der Waals surface area contributed by atoms with Crippen LogP contribution in [0.4, 0.5) is 13.2 Å². The minimum absolute atomic E-state index is 0.00256. The largest absolute Gasteiger partial charge is 0.411 e. The molecule has 0 unspecified atom stereocenters. The molecule has 0 aromatic rings. The normalized spacial score (nSPS) is 16.3. The van der Waals surface area contributed by atoms with Gasteiger partial charge in [0.2, 0.25) is 5.91 Å². The third-order valence-corrected chi connectivity index (χ3v) is 2.66. The van der Waals surface area contributed by atoms with Gasteiger partial charge in [-0.05, 0) is 12.8 Å². The number of likely N-dealkylation sites (tertiary alicyclic amines) is 1. The Morgan fingerprint density at radius 2 is 1.89 bits per heavy atom. The van der Waals surface area contributed by atoms with E-state index >= 15 is 0 Å². The molecule has 0 spiro atoms. The fourth-order valence-corrected chi connectivity index (χ4v) is 1.78. The van der Waals surface area contributed by atoms with Crippen molar-refractivity contribution in [1.82, 2.24) is 10.2 Å². The molecule has 0 bridgehead atoms. The van der Waals surface area contributed by atoms with Crippen molar-refractivity contribution in [2.75, 3.05) is 39.4 Å². The van der Waals surface area contributed by atoms with Crippen LogP contribution in [0.25, 0.3) is 0 Å². The SMILES string of the molecule is O=C(CCNCCOCC(F)(F)F)N1CCCC1. The smallest absolute Gasteiger partial charge is 0.371 e. The van der Waals surface area contributed by atoms with Gasteiger partial charge in [0.25, 0.3) is 0 Å². The van der Waals surface area contributed by atoms with Gasteiger partial charge in [0.05, 0.1) is 6.61 Å². The summed E-state index contributed by atoms with van der Waals surface area (Å²) >= 11 is 0. The molecule has 0 aromatic heterocycles. The van der Waals surface area contributed by atoms with E-state index < -0.39 is 12.8 Å². The van der Waals surface area contributed by atoms with Crippen LogP contribution in [0.1, 0.15) is 19.3 Å². The molecule has 1 aliphatic rings. The number of hydrogen-bond donors (Lipinski definition) is 1. The van der Waals surface area contributed by atoms with Gasteiger partial charge in [0.1, 0.15) is 6.61 Å². The molecule has 1 amide bonds. The number of nitrogens with one attached hydrogen (secondary N) is 1. The van der Waals surface area contributed by atoms with E-state index in [0.717, 1.165) is 25.9 Å². The van der Waals surface area contributed by atoms with Crippen molar-refractivity contribution >= 4 is 5.91 Å². The number of carbonyl (C=O) groups is 1. The summed E-state index contributed by atoms with van der Waals surface area (Å²) < 4.78 is 39.6.